The number of nitrogens with zero attached hydrogens (tertiary/aromatic N) is 1. The molecule has 0 aliphatic carbocycles. The molecule has 4 atom stereocenters. The molecule has 1 aromatic rings. The molecule has 3 aliphatic rings. The van der Waals surface area contributed by atoms with E-state index < -0.39 is 11.6 Å². The van der Waals surface area contributed by atoms with Crippen molar-refractivity contribution >= 4 is 5.91 Å². The molecule has 3 heterocycles. The number of halogens is 2. The molecular weight excluding hydrogens is 354 g/mol. The van der Waals surface area contributed by atoms with E-state index in [1.165, 1.54) is 13.2 Å². The molecule has 27 heavy (non-hydrogen) atoms. The van der Waals surface area contributed by atoms with Crippen LogP contribution >= 0.6 is 0 Å². The minimum Gasteiger partial charge on any atom is -0.496 e. The first kappa shape index (κ1) is 18.6. The maximum atomic E-state index is 14.3. The lowest BCUT2D eigenvalue weighted by Crippen LogP contribution is -2.41. The molecule has 148 valence electrons. The molecule has 3 fully saturated rings. The zero-order valence-electron chi connectivity index (χ0n) is 15.8. The number of carbonyl (C=O) groups is 1. The van der Waals surface area contributed by atoms with Crippen LogP contribution in [0.15, 0.2) is 12.1 Å². The Morgan fingerprint density at radius 1 is 1.44 bits per heavy atom. The number of amides is 1. The third kappa shape index (κ3) is 3.10. The van der Waals surface area contributed by atoms with Crippen LogP contribution in [0.1, 0.15) is 31.7 Å². The van der Waals surface area contributed by atoms with Crippen LogP contribution in [0.5, 0.6) is 5.75 Å². The number of benzene rings is 1. The minimum absolute atomic E-state index is 0.0493. The molecular formula is C20H26F2N2O3. The van der Waals surface area contributed by atoms with Gasteiger partial charge in [-0.25, -0.2) is 8.78 Å². The van der Waals surface area contributed by atoms with Crippen LogP contribution in [0.2, 0.25) is 0 Å². The molecule has 1 N–H and O–H groups in total. The fourth-order valence-corrected chi connectivity index (χ4v) is 5.17. The number of nitrogens with one attached hydrogen (secondary N) is 1. The summed E-state index contributed by atoms with van der Waals surface area (Å²) >= 11 is 0. The molecule has 5 nitrogen and oxygen atoms in total. The Hall–Kier alpha value is -1.73. The van der Waals surface area contributed by atoms with Crippen molar-refractivity contribution < 1.29 is 23.0 Å². The highest BCUT2D eigenvalue weighted by Gasteiger charge is 2.62. The average Bonchev–Trinajstić information content (AvgIpc) is 3.31. The van der Waals surface area contributed by atoms with Gasteiger partial charge in [0, 0.05) is 50.0 Å². The predicted octanol–water partition coefficient (Wildman–Crippen LogP) is 2.48. The van der Waals surface area contributed by atoms with Crippen molar-refractivity contribution in [1.29, 1.82) is 0 Å². The van der Waals surface area contributed by atoms with E-state index in [4.69, 9.17) is 9.47 Å². The lowest BCUT2D eigenvalue weighted by Gasteiger charge is -2.29. The van der Waals surface area contributed by atoms with Crippen LogP contribution in [0.25, 0.3) is 0 Å². The van der Waals surface area contributed by atoms with Gasteiger partial charge in [-0.3, -0.25) is 9.69 Å². The zero-order valence-corrected chi connectivity index (χ0v) is 15.8. The van der Waals surface area contributed by atoms with Crippen molar-refractivity contribution in [2.75, 3.05) is 26.7 Å². The van der Waals surface area contributed by atoms with Gasteiger partial charge in [0.2, 0.25) is 5.91 Å². The van der Waals surface area contributed by atoms with Gasteiger partial charge in [0.15, 0.2) is 11.6 Å². The SMILES string of the molecule is CCC(=O)NC[C@H]1[C@H]2CN(Cc3c(OC)ccc(F)c3F)C[C@]23CC[C@H]1O3. The number of hydrogen-bond acceptors (Lipinski definition) is 4. The molecule has 0 radical (unpaired) electrons. The van der Waals surface area contributed by atoms with Crippen molar-refractivity contribution in [3.8, 4) is 5.75 Å². The number of hydrogen-bond donors (Lipinski definition) is 1. The molecule has 0 unspecified atom stereocenters. The number of ether oxygens (including phenoxy) is 2. The molecule has 4 rings (SSSR count). The van der Waals surface area contributed by atoms with E-state index in [1.54, 1.807) is 0 Å². The number of fused-ring (bicyclic) bond motifs is 1. The molecule has 0 aromatic heterocycles. The quantitative estimate of drug-likeness (QED) is 0.824. The third-order valence-corrected chi connectivity index (χ3v) is 6.47. The van der Waals surface area contributed by atoms with Gasteiger partial charge in [-0.2, -0.15) is 0 Å². The Morgan fingerprint density at radius 3 is 3.00 bits per heavy atom. The van der Waals surface area contributed by atoms with Crippen LogP contribution in [0.3, 0.4) is 0 Å². The molecule has 3 saturated heterocycles. The van der Waals surface area contributed by atoms with Gasteiger partial charge in [0.1, 0.15) is 5.75 Å². The van der Waals surface area contributed by atoms with Crippen LogP contribution in [0.4, 0.5) is 8.78 Å². The highest BCUT2D eigenvalue weighted by atomic mass is 19.2. The number of carbonyl (C=O) groups excluding carboxylic acids is 1. The van der Waals surface area contributed by atoms with Crippen molar-refractivity contribution in [3.63, 3.8) is 0 Å². The van der Waals surface area contributed by atoms with E-state index >= 15 is 0 Å². The fourth-order valence-electron chi connectivity index (χ4n) is 5.17. The fraction of sp³-hybridized carbons (Fsp3) is 0.650. The highest BCUT2D eigenvalue weighted by molar-refractivity contribution is 5.75. The smallest absolute Gasteiger partial charge is 0.219 e. The number of rotatable bonds is 6. The standard InChI is InChI=1S/C20H26F2N2O3/c1-3-18(25)23-8-12-14-10-24(11-20(14)7-6-17(12)27-20)9-13-16(26-2)5-4-15(21)19(13)22/h4-5,12,14,17H,3,6-11H2,1-2H3,(H,23,25)/t12-,14+,17+,20+/m0/s1. The van der Waals surface area contributed by atoms with E-state index in [0.29, 0.717) is 31.2 Å². The summed E-state index contributed by atoms with van der Waals surface area (Å²) in [5, 5.41) is 3.00. The van der Waals surface area contributed by atoms with Crippen molar-refractivity contribution in [1.82, 2.24) is 10.2 Å². The van der Waals surface area contributed by atoms with Gasteiger partial charge in [0.05, 0.1) is 18.8 Å². The second-order valence-corrected chi connectivity index (χ2v) is 7.90. The van der Waals surface area contributed by atoms with Crippen molar-refractivity contribution in [2.45, 2.75) is 44.4 Å². The summed E-state index contributed by atoms with van der Waals surface area (Å²) < 4.78 is 39.6. The summed E-state index contributed by atoms with van der Waals surface area (Å²) in [6.45, 7) is 4.20. The van der Waals surface area contributed by atoms with Gasteiger partial charge in [0.25, 0.3) is 0 Å². The molecule has 3 aliphatic heterocycles. The van der Waals surface area contributed by atoms with E-state index in [1.807, 2.05) is 6.92 Å². The Bertz CT molecular complexity index is 744. The van der Waals surface area contributed by atoms with Crippen molar-refractivity contribution in [2.24, 2.45) is 11.8 Å². The molecule has 1 spiro atoms. The largest absolute Gasteiger partial charge is 0.496 e. The third-order valence-electron chi connectivity index (χ3n) is 6.47. The van der Waals surface area contributed by atoms with Crippen LogP contribution in [0, 0.1) is 23.5 Å². The molecule has 0 saturated carbocycles. The Morgan fingerprint density at radius 2 is 2.26 bits per heavy atom. The number of likely N-dealkylation sites (tertiary alicyclic amines) is 1. The van der Waals surface area contributed by atoms with Crippen LogP contribution in [-0.2, 0) is 16.1 Å². The van der Waals surface area contributed by atoms with E-state index in [-0.39, 0.29) is 35.6 Å². The Labute approximate surface area is 158 Å². The van der Waals surface area contributed by atoms with E-state index in [9.17, 15) is 13.6 Å². The molecule has 1 amide bonds. The predicted molar refractivity (Wildman–Crippen MR) is 95.3 cm³/mol. The molecule has 7 heteroatoms. The Kier molecular flexibility index (Phi) is 4.84. The van der Waals surface area contributed by atoms with Gasteiger partial charge in [-0.1, -0.05) is 6.92 Å². The Balaban J connectivity index is 1.50. The summed E-state index contributed by atoms with van der Waals surface area (Å²) in [6, 6.07) is 2.56. The zero-order chi connectivity index (χ0) is 19.2. The average molecular weight is 380 g/mol. The summed E-state index contributed by atoms with van der Waals surface area (Å²) in [5.74, 6) is -0.718. The lowest BCUT2D eigenvalue weighted by molar-refractivity contribution is -0.121. The first-order valence-corrected chi connectivity index (χ1v) is 9.65. The van der Waals surface area contributed by atoms with Crippen LogP contribution < -0.4 is 10.1 Å². The monoisotopic (exact) mass is 380 g/mol. The maximum Gasteiger partial charge on any atom is 0.219 e. The second-order valence-electron chi connectivity index (χ2n) is 7.90. The van der Waals surface area contributed by atoms with Gasteiger partial charge in [-0.15, -0.1) is 0 Å². The van der Waals surface area contributed by atoms with Crippen molar-refractivity contribution in [3.05, 3.63) is 29.3 Å². The van der Waals surface area contributed by atoms with E-state index in [0.717, 1.165) is 25.5 Å². The first-order valence-electron chi connectivity index (χ1n) is 9.65. The van der Waals surface area contributed by atoms with E-state index in [2.05, 4.69) is 10.2 Å². The summed E-state index contributed by atoms with van der Waals surface area (Å²) in [5.41, 5.74) is 0.0304. The summed E-state index contributed by atoms with van der Waals surface area (Å²) in [6.07, 6.45) is 2.64. The number of methoxy groups -OCH3 is 1. The highest BCUT2D eigenvalue weighted by Crippen LogP contribution is 2.55. The lowest BCUT2D eigenvalue weighted by atomic mass is 9.73. The molecule has 2 bridgehead atoms. The minimum atomic E-state index is -0.860. The van der Waals surface area contributed by atoms with Gasteiger partial charge >= 0.3 is 0 Å². The van der Waals surface area contributed by atoms with Crippen LogP contribution in [-0.4, -0.2) is 49.3 Å². The maximum absolute atomic E-state index is 14.3. The topological polar surface area (TPSA) is 50.8 Å². The van der Waals surface area contributed by atoms with Gasteiger partial charge in [-0.05, 0) is 25.0 Å². The second kappa shape index (κ2) is 7.02. The first-order chi connectivity index (χ1) is 13.0. The molecule has 1 aromatic carbocycles. The normalized spacial score (nSPS) is 31.9. The summed E-state index contributed by atoms with van der Waals surface area (Å²) in [7, 11) is 1.46. The summed E-state index contributed by atoms with van der Waals surface area (Å²) in [4.78, 5) is 13.8. The van der Waals surface area contributed by atoms with Gasteiger partial charge < -0.3 is 14.8 Å².